The Bertz CT molecular complexity index is 655. The van der Waals surface area contributed by atoms with Gasteiger partial charge in [-0.3, -0.25) is 4.79 Å². The minimum absolute atomic E-state index is 0.144. The number of rotatable bonds is 6. The van der Waals surface area contributed by atoms with Gasteiger partial charge in [0.2, 0.25) is 0 Å². The molecule has 0 fully saturated rings. The van der Waals surface area contributed by atoms with Crippen LogP contribution in [0.15, 0.2) is 42.5 Å². The van der Waals surface area contributed by atoms with Gasteiger partial charge in [0.15, 0.2) is 0 Å². The molecule has 22 heavy (non-hydrogen) atoms. The molecule has 0 radical (unpaired) electrons. The molecule has 0 aromatic heterocycles. The second kappa shape index (κ2) is 7.04. The number of aryl methyl sites for hydroxylation is 1. The summed E-state index contributed by atoms with van der Waals surface area (Å²) in [5, 5.41) is 21.5. The Kier molecular flexibility index (Phi) is 5.12. The molecule has 1 atom stereocenters. The smallest absolute Gasteiger partial charge is 0.321 e. The summed E-state index contributed by atoms with van der Waals surface area (Å²) in [6, 6.07) is 10.4. The molecule has 0 saturated carbocycles. The third kappa shape index (κ3) is 4.30. The van der Waals surface area contributed by atoms with Crippen molar-refractivity contribution in [2.45, 2.75) is 25.9 Å². The monoisotopic (exact) mass is 303 g/mol. The quantitative estimate of drug-likeness (QED) is 0.767. The molecule has 5 heteroatoms. The zero-order valence-corrected chi connectivity index (χ0v) is 12.2. The van der Waals surface area contributed by atoms with Crippen LogP contribution in [0.5, 0.6) is 5.75 Å². The van der Waals surface area contributed by atoms with Gasteiger partial charge in [-0.15, -0.1) is 0 Å². The molecule has 0 aliphatic heterocycles. The Hall–Kier alpha value is -2.40. The maximum absolute atomic E-state index is 13.2. The van der Waals surface area contributed by atoms with Crippen molar-refractivity contribution < 1.29 is 19.4 Å². The van der Waals surface area contributed by atoms with Crippen molar-refractivity contribution in [1.82, 2.24) is 5.32 Å². The van der Waals surface area contributed by atoms with Crippen LogP contribution in [0.4, 0.5) is 4.39 Å². The van der Waals surface area contributed by atoms with Crippen LogP contribution >= 0.6 is 0 Å². The molecule has 0 bridgehead atoms. The van der Waals surface area contributed by atoms with Crippen molar-refractivity contribution >= 4 is 5.97 Å². The second-order valence-corrected chi connectivity index (χ2v) is 5.23. The average molecular weight is 303 g/mol. The third-order valence-electron chi connectivity index (χ3n) is 3.45. The van der Waals surface area contributed by atoms with Gasteiger partial charge < -0.3 is 15.5 Å². The molecule has 0 amide bonds. The topological polar surface area (TPSA) is 69.6 Å². The summed E-state index contributed by atoms with van der Waals surface area (Å²) in [6.45, 7) is 2.01. The molecule has 0 saturated heterocycles. The number of hydrogen-bond acceptors (Lipinski definition) is 3. The fourth-order valence-electron chi connectivity index (χ4n) is 2.17. The first-order chi connectivity index (χ1) is 10.5. The van der Waals surface area contributed by atoms with Gasteiger partial charge in [0, 0.05) is 6.54 Å². The van der Waals surface area contributed by atoms with E-state index >= 15 is 0 Å². The summed E-state index contributed by atoms with van der Waals surface area (Å²) in [4.78, 5) is 11.3. The van der Waals surface area contributed by atoms with E-state index in [2.05, 4.69) is 5.32 Å². The maximum atomic E-state index is 13.2. The summed E-state index contributed by atoms with van der Waals surface area (Å²) in [5.41, 5.74) is 2.17. The van der Waals surface area contributed by atoms with Gasteiger partial charge in [0.25, 0.3) is 0 Å². The van der Waals surface area contributed by atoms with Crippen molar-refractivity contribution in [1.29, 1.82) is 0 Å². The van der Waals surface area contributed by atoms with E-state index in [1.54, 1.807) is 31.2 Å². The van der Waals surface area contributed by atoms with E-state index in [-0.39, 0.29) is 11.6 Å². The molecular formula is C17H18FNO3. The number of phenols is 1. The SMILES string of the molecule is Cc1cc(CN[C@@H](Cc2ccc(O)cc2)C(=O)O)ccc1F. The number of nitrogens with one attached hydrogen (secondary N) is 1. The zero-order chi connectivity index (χ0) is 16.1. The molecule has 2 rings (SSSR count). The Morgan fingerprint density at radius 3 is 2.41 bits per heavy atom. The van der Waals surface area contributed by atoms with E-state index in [4.69, 9.17) is 0 Å². The van der Waals surface area contributed by atoms with Crippen LogP contribution in [-0.2, 0) is 17.8 Å². The molecule has 0 spiro atoms. The first-order valence-electron chi connectivity index (χ1n) is 6.95. The van der Waals surface area contributed by atoms with Gasteiger partial charge in [0.05, 0.1) is 0 Å². The fraction of sp³-hybridized carbons (Fsp3) is 0.235. The zero-order valence-electron chi connectivity index (χ0n) is 12.2. The summed E-state index contributed by atoms with van der Waals surface area (Å²) in [5.74, 6) is -1.08. The normalized spacial score (nSPS) is 12.1. The summed E-state index contributed by atoms with van der Waals surface area (Å²) >= 11 is 0. The maximum Gasteiger partial charge on any atom is 0.321 e. The number of carboxylic acids is 1. The Balaban J connectivity index is 2.01. The molecule has 4 nitrogen and oxygen atoms in total. The Labute approximate surface area is 128 Å². The third-order valence-corrected chi connectivity index (χ3v) is 3.45. The van der Waals surface area contributed by atoms with Crippen molar-refractivity contribution in [3.05, 3.63) is 65.0 Å². The molecule has 2 aromatic rings. The lowest BCUT2D eigenvalue weighted by atomic mass is 10.0. The minimum Gasteiger partial charge on any atom is -0.508 e. The molecule has 0 aliphatic rings. The van der Waals surface area contributed by atoms with Crippen LogP contribution in [-0.4, -0.2) is 22.2 Å². The van der Waals surface area contributed by atoms with Gasteiger partial charge in [-0.05, 0) is 48.2 Å². The van der Waals surface area contributed by atoms with E-state index in [1.165, 1.54) is 18.2 Å². The second-order valence-electron chi connectivity index (χ2n) is 5.23. The molecule has 0 aliphatic carbocycles. The van der Waals surface area contributed by atoms with Crippen molar-refractivity contribution in [2.75, 3.05) is 0 Å². The van der Waals surface area contributed by atoms with Crippen LogP contribution < -0.4 is 5.32 Å². The summed E-state index contributed by atoms with van der Waals surface area (Å²) < 4.78 is 13.2. The molecule has 2 aromatic carbocycles. The van der Waals surface area contributed by atoms with Crippen molar-refractivity contribution in [2.24, 2.45) is 0 Å². The van der Waals surface area contributed by atoms with E-state index in [0.29, 0.717) is 18.5 Å². The lowest BCUT2D eigenvalue weighted by Crippen LogP contribution is -2.38. The highest BCUT2D eigenvalue weighted by Gasteiger charge is 2.17. The van der Waals surface area contributed by atoms with Crippen LogP contribution in [0.3, 0.4) is 0 Å². The molecule has 116 valence electrons. The van der Waals surface area contributed by atoms with E-state index in [0.717, 1.165) is 11.1 Å². The van der Waals surface area contributed by atoms with E-state index < -0.39 is 12.0 Å². The first-order valence-corrected chi connectivity index (χ1v) is 6.95. The molecule has 0 heterocycles. The number of phenolic OH excluding ortho intramolecular Hbond substituents is 1. The van der Waals surface area contributed by atoms with Crippen LogP contribution in [0.1, 0.15) is 16.7 Å². The highest BCUT2D eigenvalue weighted by molar-refractivity contribution is 5.73. The largest absolute Gasteiger partial charge is 0.508 e. The lowest BCUT2D eigenvalue weighted by Gasteiger charge is -2.15. The average Bonchev–Trinajstić information content (AvgIpc) is 2.48. The predicted octanol–water partition coefficient (Wildman–Crippen LogP) is 2.63. The summed E-state index contributed by atoms with van der Waals surface area (Å²) in [6.07, 6.45) is 0.301. The number of hydrogen-bond donors (Lipinski definition) is 3. The highest BCUT2D eigenvalue weighted by Crippen LogP contribution is 2.13. The van der Waals surface area contributed by atoms with Crippen molar-refractivity contribution in [3.8, 4) is 5.75 Å². The number of carbonyl (C=O) groups is 1. The standard InChI is InChI=1S/C17H18FNO3/c1-11-8-13(4-7-15(11)18)10-19-16(17(21)22)9-12-2-5-14(20)6-3-12/h2-8,16,19-20H,9-10H2,1H3,(H,21,22)/t16-/m0/s1. The number of carboxylic acid groups (broad SMARTS) is 1. The number of halogens is 1. The van der Waals surface area contributed by atoms with Gasteiger partial charge >= 0.3 is 5.97 Å². The number of aliphatic carboxylic acids is 1. The van der Waals surface area contributed by atoms with E-state index in [9.17, 15) is 19.4 Å². The number of aromatic hydroxyl groups is 1. The highest BCUT2D eigenvalue weighted by atomic mass is 19.1. The first kappa shape index (κ1) is 16.0. The van der Waals surface area contributed by atoms with Crippen molar-refractivity contribution in [3.63, 3.8) is 0 Å². The van der Waals surface area contributed by atoms with Crippen LogP contribution in [0.25, 0.3) is 0 Å². The lowest BCUT2D eigenvalue weighted by molar-refractivity contribution is -0.139. The van der Waals surface area contributed by atoms with Gasteiger partial charge in [0.1, 0.15) is 17.6 Å². The van der Waals surface area contributed by atoms with Crippen LogP contribution in [0, 0.1) is 12.7 Å². The predicted molar refractivity (Wildman–Crippen MR) is 81.2 cm³/mol. The van der Waals surface area contributed by atoms with E-state index in [1.807, 2.05) is 0 Å². The summed E-state index contributed by atoms with van der Waals surface area (Å²) in [7, 11) is 0. The molecule has 3 N–H and O–H groups in total. The minimum atomic E-state index is -0.952. The van der Waals surface area contributed by atoms with Gasteiger partial charge in [-0.25, -0.2) is 4.39 Å². The van der Waals surface area contributed by atoms with Gasteiger partial charge in [-0.1, -0.05) is 24.3 Å². The number of benzene rings is 2. The molecule has 0 unspecified atom stereocenters. The fourth-order valence-corrected chi connectivity index (χ4v) is 2.17. The Morgan fingerprint density at radius 1 is 1.18 bits per heavy atom. The van der Waals surface area contributed by atoms with Crippen LogP contribution in [0.2, 0.25) is 0 Å². The van der Waals surface area contributed by atoms with Gasteiger partial charge in [-0.2, -0.15) is 0 Å². The Morgan fingerprint density at radius 2 is 1.82 bits per heavy atom. The molecular weight excluding hydrogens is 285 g/mol.